The van der Waals surface area contributed by atoms with Crippen molar-refractivity contribution >= 4 is 0 Å². The fourth-order valence-electron chi connectivity index (χ4n) is 2.08. The molecule has 0 aliphatic heterocycles. The molecule has 20 heavy (non-hydrogen) atoms. The lowest BCUT2D eigenvalue weighted by atomic mass is 10.1. The number of hydrogen-bond donors (Lipinski definition) is 1. The molecule has 3 nitrogen and oxygen atoms in total. The van der Waals surface area contributed by atoms with Crippen LogP contribution in [0.3, 0.4) is 0 Å². The molecule has 0 unspecified atom stereocenters. The van der Waals surface area contributed by atoms with Gasteiger partial charge in [0.1, 0.15) is 18.1 Å². The van der Waals surface area contributed by atoms with Crippen LogP contribution in [-0.4, -0.2) is 13.7 Å². The van der Waals surface area contributed by atoms with Gasteiger partial charge in [0, 0.05) is 5.56 Å². The Morgan fingerprint density at radius 1 is 1.05 bits per heavy atom. The lowest BCUT2D eigenvalue weighted by Crippen LogP contribution is -2.03. The summed E-state index contributed by atoms with van der Waals surface area (Å²) >= 11 is 0. The summed E-state index contributed by atoms with van der Waals surface area (Å²) in [4.78, 5) is 0. The third-order valence-corrected chi connectivity index (χ3v) is 3.15. The first-order chi connectivity index (χ1) is 9.83. The van der Waals surface area contributed by atoms with Crippen molar-refractivity contribution in [3.05, 3.63) is 59.7 Å². The van der Waals surface area contributed by atoms with Crippen LogP contribution in [0.2, 0.25) is 0 Å². The highest BCUT2D eigenvalue weighted by atomic mass is 16.5. The number of aryl methyl sites for hydroxylation is 1. The summed E-state index contributed by atoms with van der Waals surface area (Å²) < 4.78 is 11.2. The van der Waals surface area contributed by atoms with Crippen molar-refractivity contribution in [3.8, 4) is 11.5 Å². The minimum absolute atomic E-state index is 0.504. The second-order valence-corrected chi connectivity index (χ2v) is 4.64. The number of para-hydroxylation sites is 1. The molecular formula is C17H21NO2. The SMILES string of the molecule is COc1ccc(CCCN)cc1COc1ccccc1. The summed E-state index contributed by atoms with van der Waals surface area (Å²) in [5, 5.41) is 0. The van der Waals surface area contributed by atoms with E-state index in [4.69, 9.17) is 15.2 Å². The van der Waals surface area contributed by atoms with Gasteiger partial charge < -0.3 is 15.2 Å². The van der Waals surface area contributed by atoms with Crippen LogP contribution in [0.1, 0.15) is 17.5 Å². The molecule has 0 saturated carbocycles. The van der Waals surface area contributed by atoms with E-state index in [0.717, 1.165) is 29.9 Å². The molecule has 0 spiro atoms. The largest absolute Gasteiger partial charge is 0.496 e. The highest BCUT2D eigenvalue weighted by Crippen LogP contribution is 2.22. The van der Waals surface area contributed by atoms with Crippen LogP contribution >= 0.6 is 0 Å². The van der Waals surface area contributed by atoms with Gasteiger partial charge >= 0.3 is 0 Å². The van der Waals surface area contributed by atoms with Crippen molar-refractivity contribution in [1.82, 2.24) is 0 Å². The van der Waals surface area contributed by atoms with Crippen molar-refractivity contribution in [2.24, 2.45) is 5.73 Å². The van der Waals surface area contributed by atoms with Crippen molar-refractivity contribution in [3.63, 3.8) is 0 Å². The maximum atomic E-state index is 5.79. The maximum Gasteiger partial charge on any atom is 0.125 e. The zero-order chi connectivity index (χ0) is 14.2. The van der Waals surface area contributed by atoms with Gasteiger partial charge in [0.2, 0.25) is 0 Å². The van der Waals surface area contributed by atoms with E-state index in [1.807, 2.05) is 36.4 Å². The van der Waals surface area contributed by atoms with E-state index in [2.05, 4.69) is 12.1 Å². The first kappa shape index (κ1) is 14.4. The summed E-state index contributed by atoms with van der Waals surface area (Å²) in [6.07, 6.45) is 1.98. The van der Waals surface area contributed by atoms with Gasteiger partial charge in [-0.3, -0.25) is 0 Å². The van der Waals surface area contributed by atoms with Gasteiger partial charge in [-0.15, -0.1) is 0 Å². The highest BCUT2D eigenvalue weighted by Gasteiger charge is 2.05. The molecule has 0 aliphatic rings. The fourth-order valence-corrected chi connectivity index (χ4v) is 2.08. The van der Waals surface area contributed by atoms with Gasteiger partial charge in [-0.2, -0.15) is 0 Å². The molecule has 3 heteroatoms. The fraction of sp³-hybridized carbons (Fsp3) is 0.294. The zero-order valence-electron chi connectivity index (χ0n) is 11.8. The van der Waals surface area contributed by atoms with Gasteiger partial charge in [-0.1, -0.05) is 24.3 Å². The predicted octanol–water partition coefficient (Wildman–Crippen LogP) is 3.17. The lowest BCUT2D eigenvalue weighted by molar-refractivity contribution is 0.296. The average Bonchev–Trinajstić information content (AvgIpc) is 2.52. The minimum Gasteiger partial charge on any atom is -0.496 e. The number of hydrogen-bond acceptors (Lipinski definition) is 3. The van der Waals surface area contributed by atoms with Gasteiger partial charge in [-0.25, -0.2) is 0 Å². The van der Waals surface area contributed by atoms with Crippen LogP contribution in [0.5, 0.6) is 11.5 Å². The molecule has 0 atom stereocenters. The van der Waals surface area contributed by atoms with E-state index in [0.29, 0.717) is 13.2 Å². The quantitative estimate of drug-likeness (QED) is 0.841. The molecule has 2 N–H and O–H groups in total. The zero-order valence-corrected chi connectivity index (χ0v) is 11.8. The van der Waals surface area contributed by atoms with Crippen LogP contribution in [-0.2, 0) is 13.0 Å². The van der Waals surface area contributed by atoms with Gasteiger partial charge in [0.15, 0.2) is 0 Å². The monoisotopic (exact) mass is 271 g/mol. The summed E-state index contributed by atoms with van der Waals surface area (Å²) in [5.41, 5.74) is 7.88. The Balaban J connectivity index is 2.07. The predicted molar refractivity (Wildman–Crippen MR) is 81.1 cm³/mol. The number of methoxy groups -OCH3 is 1. The summed E-state index contributed by atoms with van der Waals surface area (Å²) in [7, 11) is 1.68. The molecule has 0 amide bonds. The first-order valence-corrected chi connectivity index (χ1v) is 6.87. The molecule has 0 aromatic heterocycles. The molecule has 0 radical (unpaired) electrons. The first-order valence-electron chi connectivity index (χ1n) is 6.87. The van der Waals surface area contributed by atoms with Crippen LogP contribution < -0.4 is 15.2 Å². The Morgan fingerprint density at radius 2 is 1.85 bits per heavy atom. The Hall–Kier alpha value is -2.00. The van der Waals surface area contributed by atoms with Crippen molar-refractivity contribution in [1.29, 1.82) is 0 Å². The van der Waals surface area contributed by atoms with Crippen LogP contribution in [0.25, 0.3) is 0 Å². The topological polar surface area (TPSA) is 44.5 Å². The minimum atomic E-state index is 0.504. The third-order valence-electron chi connectivity index (χ3n) is 3.15. The molecule has 2 aromatic rings. The Kier molecular flexibility index (Phi) is 5.44. The van der Waals surface area contributed by atoms with E-state index in [9.17, 15) is 0 Å². The molecule has 0 fully saturated rings. The second kappa shape index (κ2) is 7.56. The van der Waals surface area contributed by atoms with Crippen molar-refractivity contribution < 1.29 is 9.47 Å². The summed E-state index contributed by atoms with van der Waals surface area (Å²) in [5.74, 6) is 1.72. The molecule has 0 bridgehead atoms. The van der Waals surface area contributed by atoms with Crippen molar-refractivity contribution in [2.45, 2.75) is 19.4 Å². The normalized spacial score (nSPS) is 10.3. The molecule has 106 valence electrons. The molecule has 2 rings (SSSR count). The Bertz CT molecular complexity index is 526. The van der Waals surface area contributed by atoms with Gasteiger partial charge in [0.05, 0.1) is 7.11 Å². The summed E-state index contributed by atoms with van der Waals surface area (Å²) in [6.45, 7) is 1.21. The molecular weight excluding hydrogens is 250 g/mol. The molecule has 0 aliphatic carbocycles. The van der Waals surface area contributed by atoms with E-state index < -0.39 is 0 Å². The standard InChI is InChI=1S/C17H21NO2/c1-19-17-10-9-14(6-5-11-18)12-15(17)13-20-16-7-3-2-4-8-16/h2-4,7-10,12H,5-6,11,13,18H2,1H3. The second-order valence-electron chi connectivity index (χ2n) is 4.64. The average molecular weight is 271 g/mol. The van der Waals surface area contributed by atoms with Crippen LogP contribution in [0.4, 0.5) is 0 Å². The molecule has 2 aromatic carbocycles. The molecule has 0 saturated heterocycles. The van der Waals surface area contributed by atoms with Crippen LogP contribution in [0.15, 0.2) is 48.5 Å². The number of ether oxygens (including phenoxy) is 2. The number of rotatable bonds is 7. The number of nitrogens with two attached hydrogens (primary N) is 1. The Labute approximate surface area is 120 Å². The van der Waals surface area contributed by atoms with Crippen molar-refractivity contribution in [2.75, 3.05) is 13.7 Å². The van der Waals surface area contributed by atoms with E-state index in [1.54, 1.807) is 7.11 Å². The summed E-state index contributed by atoms with van der Waals surface area (Å²) in [6, 6.07) is 16.0. The third kappa shape index (κ3) is 4.00. The highest BCUT2D eigenvalue weighted by molar-refractivity contribution is 5.37. The molecule has 0 heterocycles. The van der Waals surface area contributed by atoms with Crippen LogP contribution in [0, 0.1) is 0 Å². The maximum absolute atomic E-state index is 5.79. The number of benzene rings is 2. The lowest BCUT2D eigenvalue weighted by Gasteiger charge is -2.12. The van der Waals surface area contributed by atoms with Gasteiger partial charge in [-0.05, 0) is 49.2 Å². The Morgan fingerprint density at radius 3 is 2.55 bits per heavy atom. The van der Waals surface area contributed by atoms with Gasteiger partial charge in [0.25, 0.3) is 0 Å². The van der Waals surface area contributed by atoms with E-state index >= 15 is 0 Å². The van der Waals surface area contributed by atoms with E-state index in [1.165, 1.54) is 5.56 Å². The smallest absolute Gasteiger partial charge is 0.125 e. The van der Waals surface area contributed by atoms with E-state index in [-0.39, 0.29) is 0 Å².